The molecule has 370 valence electrons. The van der Waals surface area contributed by atoms with Crippen LogP contribution in [0.1, 0.15) is 106 Å². The third kappa shape index (κ3) is 10.5. The molecule has 4 amide bonds. The summed E-state index contributed by atoms with van der Waals surface area (Å²) in [6.45, 7) is 12.9. The van der Waals surface area contributed by atoms with E-state index in [1.165, 1.54) is 33.0 Å². The number of aldehydes is 1. The maximum absolute atomic E-state index is 15.6. The molecule has 1 aromatic carbocycles. The number of amidine groups is 1. The lowest BCUT2D eigenvalue weighted by Gasteiger charge is -2.62. The van der Waals surface area contributed by atoms with Gasteiger partial charge in [-0.25, -0.2) is 9.45 Å². The molecule has 1 spiro atoms. The van der Waals surface area contributed by atoms with Crippen LogP contribution in [0.5, 0.6) is 0 Å². The minimum Gasteiger partial charge on any atom is -0.369 e. The number of carbonyl (C=O) groups excluding carboxylic acids is 5. The van der Waals surface area contributed by atoms with Gasteiger partial charge in [0.25, 0.3) is 11.8 Å². The van der Waals surface area contributed by atoms with Gasteiger partial charge in [-0.3, -0.25) is 43.2 Å². The van der Waals surface area contributed by atoms with Crippen molar-refractivity contribution in [1.82, 2.24) is 29.4 Å². The minimum atomic E-state index is -1.00. The molecular formula is C50H71FN10O6S. The second-order valence-electron chi connectivity index (χ2n) is 20.0. The lowest BCUT2D eigenvalue weighted by molar-refractivity contribution is -0.175. The summed E-state index contributed by atoms with van der Waals surface area (Å²) in [4.78, 5) is 87.3. The Kier molecular flexibility index (Phi) is 16.2. The number of nitrogens with two attached hydrogens (primary N) is 1. The highest BCUT2D eigenvalue weighted by atomic mass is 32.2. The number of anilines is 1. The molecule has 0 bridgehead atoms. The van der Waals surface area contributed by atoms with Crippen molar-refractivity contribution in [1.29, 1.82) is 0 Å². The van der Waals surface area contributed by atoms with Gasteiger partial charge >= 0.3 is 0 Å². The smallest absolute Gasteiger partial charge is 0.278 e. The van der Waals surface area contributed by atoms with Crippen LogP contribution in [0.25, 0.3) is 0 Å². The monoisotopic (exact) mass is 959 g/mol. The third-order valence-electron chi connectivity index (χ3n) is 15.8. The minimum absolute atomic E-state index is 0.0111. The largest absolute Gasteiger partial charge is 0.369 e. The summed E-state index contributed by atoms with van der Waals surface area (Å²) in [5, 5.41) is 4.08. The third-order valence-corrected chi connectivity index (χ3v) is 17.2. The topological polar surface area (TPSA) is 177 Å². The fourth-order valence-electron chi connectivity index (χ4n) is 12.0. The lowest BCUT2D eigenvalue weighted by atomic mass is 9.60. The number of piperidine rings is 3. The molecule has 68 heavy (non-hydrogen) atoms. The van der Waals surface area contributed by atoms with Crippen LogP contribution >= 0.6 is 11.9 Å². The number of nitrogens with zero attached hydrogens (tertiary/aromatic N) is 8. The molecule has 3 atom stereocenters. The number of hydrogen-bond acceptors (Lipinski definition) is 13. The fourth-order valence-corrected chi connectivity index (χ4v) is 13.3. The van der Waals surface area contributed by atoms with Crippen molar-refractivity contribution < 1.29 is 33.2 Å². The number of likely N-dealkylation sites (N-methyl/N-ethyl adjacent to an activating group) is 1. The number of hydrogen-bond donors (Lipinski definition) is 2. The van der Waals surface area contributed by atoms with Gasteiger partial charge in [0, 0.05) is 99.3 Å². The lowest BCUT2D eigenvalue weighted by Crippen LogP contribution is -2.68. The number of amides is 4. The molecule has 9 rings (SSSR count). The SMILES string of the molecule is C=N/C=C1/C=CC(=O)N(C2CCCC2C)C1=NC1CCN(SC2CCN(C3CC4(C3)CN(C(=O)C3CCN(c5cc6c(cc5F)C(=O)N(C(CCC=O)C(=O)NC)OC6)CC3)C4)CC2)CC1.CN. The van der Waals surface area contributed by atoms with E-state index in [1.807, 2.05) is 27.8 Å². The van der Waals surface area contributed by atoms with Gasteiger partial charge in [-0.05, 0) is 127 Å². The summed E-state index contributed by atoms with van der Waals surface area (Å²) in [6, 6.07) is 2.83. The van der Waals surface area contributed by atoms with Gasteiger partial charge < -0.3 is 30.5 Å². The molecular weight excluding hydrogens is 888 g/mol. The number of nitrogens with one attached hydrogen (secondary N) is 1. The first-order valence-corrected chi connectivity index (χ1v) is 25.8. The van der Waals surface area contributed by atoms with E-state index in [1.54, 1.807) is 18.3 Å². The average Bonchev–Trinajstić information content (AvgIpc) is 3.76. The molecule has 0 aromatic heterocycles. The Morgan fingerprint density at radius 2 is 1.72 bits per heavy atom. The standard InChI is InChI=1S/C49H66FN9O6S.CH5N/c1-32-6-4-7-41(32)58-44(61)10-9-34(28-51-2)45(58)53-36-13-21-57(22-14-36)66-38-15-19-54(20-16-38)37-26-49(27-37)30-56(31-49)47(63)33-11-17-55(18-12-33)43-24-35-29-65-59(48(64)39(35)25-40(43)50)42(8-5-23-60)46(62)52-3;1-2/h9-10,23-25,28,32-33,36-38,41-42H,2,4-8,11-22,26-27,29-31H2,1,3H3,(H,52,62);2H2,1H3/b34-28-,53-45?;. The summed E-state index contributed by atoms with van der Waals surface area (Å²) >= 11 is 2.04. The number of fused-ring (bicyclic) bond motifs is 1. The number of halogens is 1. The predicted molar refractivity (Wildman–Crippen MR) is 262 cm³/mol. The highest BCUT2D eigenvalue weighted by Gasteiger charge is 2.56. The molecule has 3 N–H and O–H groups in total. The zero-order valence-electron chi connectivity index (χ0n) is 40.2. The Labute approximate surface area is 405 Å². The van der Waals surface area contributed by atoms with Gasteiger partial charge in [0.15, 0.2) is 0 Å². The van der Waals surface area contributed by atoms with E-state index in [0.29, 0.717) is 60.7 Å². The van der Waals surface area contributed by atoms with Gasteiger partial charge in [0.1, 0.15) is 30.6 Å². The van der Waals surface area contributed by atoms with Crippen LogP contribution in [-0.2, 0) is 30.6 Å². The molecule has 6 aliphatic heterocycles. The molecule has 2 aliphatic carbocycles. The Bertz CT molecular complexity index is 2130. The Morgan fingerprint density at radius 1 is 1.00 bits per heavy atom. The van der Waals surface area contributed by atoms with Crippen LogP contribution in [0, 0.1) is 23.1 Å². The van der Waals surface area contributed by atoms with Gasteiger partial charge in [-0.1, -0.05) is 25.3 Å². The van der Waals surface area contributed by atoms with Crippen molar-refractivity contribution in [2.45, 2.75) is 126 Å². The van der Waals surface area contributed by atoms with Crippen LogP contribution in [0.3, 0.4) is 0 Å². The van der Waals surface area contributed by atoms with Crippen molar-refractivity contribution >= 4 is 60.1 Å². The second kappa shape index (κ2) is 22.1. The van der Waals surface area contributed by atoms with Gasteiger partial charge in [-0.2, -0.15) is 0 Å². The van der Waals surface area contributed by atoms with Crippen molar-refractivity contribution in [2.75, 3.05) is 71.4 Å². The zero-order chi connectivity index (χ0) is 48.1. The highest BCUT2D eigenvalue weighted by molar-refractivity contribution is 7.97. The van der Waals surface area contributed by atoms with Crippen LogP contribution < -0.4 is 16.0 Å². The highest BCUT2D eigenvalue weighted by Crippen LogP contribution is 2.51. The number of benzene rings is 1. The summed E-state index contributed by atoms with van der Waals surface area (Å²) in [5.74, 6) is -0.214. The molecule has 3 unspecified atom stereocenters. The van der Waals surface area contributed by atoms with E-state index in [-0.39, 0.29) is 60.2 Å². The normalized spacial score (nSPS) is 26.9. The van der Waals surface area contributed by atoms with E-state index in [0.717, 1.165) is 101 Å². The summed E-state index contributed by atoms with van der Waals surface area (Å²) in [7, 11) is 2.95. The van der Waals surface area contributed by atoms with Crippen LogP contribution in [0.4, 0.5) is 10.1 Å². The molecule has 4 saturated heterocycles. The molecule has 16 nitrogen and oxygen atoms in total. The van der Waals surface area contributed by atoms with E-state index >= 15 is 4.39 Å². The van der Waals surface area contributed by atoms with Gasteiger partial charge in [0.2, 0.25) is 11.8 Å². The van der Waals surface area contributed by atoms with E-state index in [4.69, 9.17) is 9.83 Å². The second-order valence-corrected chi connectivity index (χ2v) is 21.4. The Balaban J connectivity index is 0.00000308. The number of likely N-dealkylation sites (tertiary alicyclic amines) is 2. The average molecular weight is 959 g/mol. The van der Waals surface area contributed by atoms with Crippen LogP contribution in [0.15, 0.2) is 46.0 Å². The molecule has 18 heteroatoms. The predicted octanol–water partition coefficient (Wildman–Crippen LogP) is 4.74. The summed E-state index contributed by atoms with van der Waals surface area (Å²) in [5.41, 5.74) is 6.69. The molecule has 0 radical (unpaired) electrons. The van der Waals surface area contributed by atoms with Crippen molar-refractivity contribution in [3.8, 4) is 0 Å². The molecule has 6 heterocycles. The molecule has 8 aliphatic rings. The van der Waals surface area contributed by atoms with Crippen molar-refractivity contribution in [2.24, 2.45) is 33.0 Å². The van der Waals surface area contributed by atoms with Gasteiger partial charge in [-0.15, -0.1) is 0 Å². The van der Waals surface area contributed by atoms with Crippen molar-refractivity contribution in [3.63, 3.8) is 0 Å². The summed E-state index contributed by atoms with van der Waals surface area (Å²) < 4.78 is 18.2. The van der Waals surface area contributed by atoms with E-state index < -0.39 is 23.7 Å². The van der Waals surface area contributed by atoms with E-state index in [2.05, 4.69) is 43.8 Å². The quantitative estimate of drug-likeness (QED) is 0.159. The number of rotatable bonds is 13. The van der Waals surface area contributed by atoms with Crippen molar-refractivity contribution in [3.05, 3.63) is 53.0 Å². The maximum atomic E-state index is 15.6. The first-order chi connectivity index (χ1) is 33.0. The summed E-state index contributed by atoms with van der Waals surface area (Å²) in [6.07, 6.45) is 17.3. The number of hydroxylamine groups is 2. The molecule has 1 aromatic rings. The Morgan fingerprint density at radius 3 is 2.37 bits per heavy atom. The van der Waals surface area contributed by atoms with Crippen LogP contribution in [0.2, 0.25) is 0 Å². The zero-order valence-corrected chi connectivity index (χ0v) is 41.0. The molecule has 2 saturated carbocycles. The maximum Gasteiger partial charge on any atom is 0.278 e. The number of aliphatic imine (C=N–C) groups is 2. The first-order valence-electron chi connectivity index (χ1n) is 24.9. The fraction of sp³-hybridized carbons (Fsp3) is 0.660. The van der Waals surface area contributed by atoms with E-state index in [9.17, 15) is 24.0 Å². The number of carbonyl (C=O) groups is 5. The first kappa shape index (κ1) is 49.9. The Hall–Kier alpha value is -4.49. The van der Waals surface area contributed by atoms with Crippen LogP contribution in [-0.4, -0.2) is 162 Å². The molecule has 6 fully saturated rings. The van der Waals surface area contributed by atoms with Gasteiger partial charge in [0.05, 0.1) is 17.3 Å².